The summed E-state index contributed by atoms with van der Waals surface area (Å²) in [5.41, 5.74) is 2.03. The second-order valence-electron chi connectivity index (χ2n) is 5.67. The predicted molar refractivity (Wildman–Crippen MR) is 79.4 cm³/mol. The van der Waals surface area contributed by atoms with E-state index in [9.17, 15) is 9.90 Å². The van der Waals surface area contributed by atoms with Gasteiger partial charge in [0.25, 0.3) is 0 Å². The summed E-state index contributed by atoms with van der Waals surface area (Å²) < 4.78 is 0.681. The molecule has 1 fully saturated rings. The van der Waals surface area contributed by atoms with Crippen LogP contribution < -0.4 is 0 Å². The summed E-state index contributed by atoms with van der Waals surface area (Å²) in [5.74, 6) is 0.585. The van der Waals surface area contributed by atoms with Crippen LogP contribution in [0.5, 0.6) is 5.75 Å². The number of hydrogen-bond acceptors (Lipinski definition) is 2. The summed E-state index contributed by atoms with van der Waals surface area (Å²) in [7, 11) is 0. The lowest BCUT2D eigenvalue weighted by Crippen LogP contribution is -2.14. The van der Waals surface area contributed by atoms with Crippen LogP contribution in [0.4, 0.5) is 0 Å². The van der Waals surface area contributed by atoms with Crippen molar-refractivity contribution < 1.29 is 9.90 Å². The first-order valence-corrected chi connectivity index (χ1v) is 7.48. The number of aromatic hydroxyl groups is 1. The van der Waals surface area contributed by atoms with E-state index in [1.807, 2.05) is 19.1 Å². The SMILES string of the molecule is CC1(Cl)CC2C(=O)C(Br)=C(c3ccc(O)cc3)C2C1. The van der Waals surface area contributed by atoms with Crippen molar-refractivity contribution in [2.45, 2.75) is 24.6 Å². The first-order chi connectivity index (χ1) is 8.89. The van der Waals surface area contributed by atoms with Crippen LogP contribution >= 0.6 is 27.5 Å². The van der Waals surface area contributed by atoms with Crippen molar-refractivity contribution in [3.05, 3.63) is 34.3 Å². The minimum Gasteiger partial charge on any atom is -0.508 e. The molecule has 1 saturated carbocycles. The average Bonchev–Trinajstić information content (AvgIpc) is 2.76. The van der Waals surface area contributed by atoms with Gasteiger partial charge in [-0.25, -0.2) is 0 Å². The average molecular weight is 342 g/mol. The van der Waals surface area contributed by atoms with Gasteiger partial charge in [-0.05, 0) is 64.9 Å². The Bertz CT molecular complexity index is 574. The third-order valence-electron chi connectivity index (χ3n) is 4.12. The van der Waals surface area contributed by atoms with Gasteiger partial charge in [0.2, 0.25) is 0 Å². The highest BCUT2D eigenvalue weighted by molar-refractivity contribution is 9.12. The number of alkyl halides is 1. The lowest BCUT2D eigenvalue weighted by Gasteiger charge is -2.17. The van der Waals surface area contributed by atoms with Crippen molar-refractivity contribution in [2.75, 3.05) is 0 Å². The Morgan fingerprint density at radius 2 is 1.84 bits per heavy atom. The number of Topliss-reactive ketones (excluding diaryl/α,β-unsaturated/α-hetero) is 1. The van der Waals surface area contributed by atoms with Gasteiger partial charge >= 0.3 is 0 Å². The van der Waals surface area contributed by atoms with Crippen molar-refractivity contribution in [2.24, 2.45) is 11.8 Å². The number of benzene rings is 1. The van der Waals surface area contributed by atoms with Crippen LogP contribution in [0, 0.1) is 11.8 Å². The van der Waals surface area contributed by atoms with Crippen LogP contribution in [0.3, 0.4) is 0 Å². The van der Waals surface area contributed by atoms with Crippen molar-refractivity contribution in [3.63, 3.8) is 0 Å². The Labute approximate surface area is 125 Å². The highest BCUT2D eigenvalue weighted by Gasteiger charge is 2.51. The molecule has 0 bridgehead atoms. The molecule has 1 N–H and O–H groups in total. The Hall–Kier alpha value is -0.800. The summed E-state index contributed by atoms with van der Waals surface area (Å²) in [6, 6.07) is 7.00. The quantitative estimate of drug-likeness (QED) is 0.781. The normalized spacial score (nSPS) is 33.9. The zero-order chi connectivity index (χ0) is 13.8. The second kappa shape index (κ2) is 4.35. The van der Waals surface area contributed by atoms with E-state index in [1.165, 1.54) is 0 Å². The smallest absolute Gasteiger partial charge is 0.173 e. The number of fused-ring (bicyclic) bond motifs is 1. The van der Waals surface area contributed by atoms with E-state index < -0.39 is 0 Å². The molecule has 2 aliphatic rings. The number of phenols is 1. The highest BCUT2D eigenvalue weighted by atomic mass is 79.9. The highest BCUT2D eigenvalue weighted by Crippen LogP contribution is 2.55. The molecule has 100 valence electrons. The molecule has 4 heteroatoms. The van der Waals surface area contributed by atoms with Gasteiger partial charge in [-0.3, -0.25) is 4.79 Å². The molecule has 1 aromatic carbocycles. The van der Waals surface area contributed by atoms with E-state index in [1.54, 1.807) is 12.1 Å². The number of ketones is 1. The van der Waals surface area contributed by atoms with Crippen LogP contribution in [-0.4, -0.2) is 15.8 Å². The Balaban J connectivity index is 2.05. The zero-order valence-corrected chi connectivity index (χ0v) is 12.8. The Kier molecular flexibility index (Phi) is 3.02. The van der Waals surface area contributed by atoms with Gasteiger partial charge in [-0.2, -0.15) is 0 Å². The van der Waals surface area contributed by atoms with Crippen molar-refractivity contribution in [1.82, 2.24) is 0 Å². The van der Waals surface area contributed by atoms with Gasteiger partial charge in [0, 0.05) is 10.8 Å². The molecule has 0 aromatic heterocycles. The fraction of sp³-hybridized carbons (Fsp3) is 0.400. The van der Waals surface area contributed by atoms with Crippen LogP contribution in [0.2, 0.25) is 0 Å². The monoisotopic (exact) mass is 340 g/mol. The van der Waals surface area contributed by atoms with Gasteiger partial charge in [-0.15, -0.1) is 11.6 Å². The summed E-state index contributed by atoms with van der Waals surface area (Å²) in [4.78, 5) is 12.0. The van der Waals surface area contributed by atoms with Crippen LogP contribution in [-0.2, 0) is 4.79 Å². The van der Waals surface area contributed by atoms with Crippen LogP contribution in [0.25, 0.3) is 5.57 Å². The molecule has 3 unspecified atom stereocenters. The third kappa shape index (κ3) is 2.13. The summed E-state index contributed by atoms with van der Waals surface area (Å²) >= 11 is 9.87. The lowest BCUT2D eigenvalue weighted by atomic mass is 9.90. The minimum atomic E-state index is -0.291. The maximum absolute atomic E-state index is 12.3. The fourth-order valence-electron chi connectivity index (χ4n) is 3.30. The van der Waals surface area contributed by atoms with E-state index >= 15 is 0 Å². The first-order valence-electron chi connectivity index (χ1n) is 6.31. The van der Waals surface area contributed by atoms with Crippen molar-refractivity contribution in [1.29, 1.82) is 0 Å². The van der Waals surface area contributed by atoms with E-state index in [4.69, 9.17) is 11.6 Å². The molecule has 0 spiro atoms. The molecular formula is C15H14BrClO2. The summed E-state index contributed by atoms with van der Waals surface area (Å²) in [5, 5.41) is 9.37. The maximum Gasteiger partial charge on any atom is 0.173 e. The Morgan fingerprint density at radius 1 is 1.26 bits per heavy atom. The molecule has 19 heavy (non-hydrogen) atoms. The number of carbonyl (C=O) groups is 1. The molecule has 3 atom stereocenters. The third-order valence-corrected chi connectivity index (χ3v) is 5.24. The lowest BCUT2D eigenvalue weighted by molar-refractivity contribution is -0.118. The fourth-order valence-corrected chi connectivity index (χ4v) is 4.45. The largest absolute Gasteiger partial charge is 0.508 e. The molecule has 3 rings (SSSR count). The van der Waals surface area contributed by atoms with Gasteiger partial charge in [0.1, 0.15) is 5.75 Å². The molecule has 0 heterocycles. The molecule has 2 nitrogen and oxygen atoms in total. The molecule has 0 aliphatic heterocycles. The van der Waals surface area contributed by atoms with Gasteiger partial charge in [0.15, 0.2) is 5.78 Å². The first kappa shape index (κ1) is 13.2. The van der Waals surface area contributed by atoms with E-state index in [0.717, 1.165) is 24.0 Å². The molecule has 2 aliphatic carbocycles. The van der Waals surface area contributed by atoms with Crippen molar-refractivity contribution >= 4 is 38.9 Å². The Morgan fingerprint density at radius 3 is 2.47 bits per heavy atom. The summed E-state index contributed by atoms with van der Waals surface area (Å²) in [6.07, 6.45) is 1.55. The van der Waals surface area contributed by atoms with Gasteiger partial charge in [-0.1, -0.05) is 12.1 Å². The summed E-state index contributed by atoms with van der Waals surface area (Å²) in [6.45, 7) is 2.00. The molecule has 0 amide bonds. The predicted octanol–water partition coefficient (Wildman–Crippen LogP) is 4.10. The number of hydrogen-bond donors (Lipinski definition) is 1. The number of phenolic OH excluding ortho intramolecular Hbond substituents is 1. The maximum atomic E-state index is 12.3. The van der Waals surface area contributed by atoms with Crippen LogP contribution in [0.1, 0.15) is 25.3 Å². The number of rotatable bonds is 1. The zero-order valence-electron chi connectivity index (χ0n) is 10.5. The van der Waals surface area contributed by atoms with E-state index in [-0.39, 0.29) is 28.2 Å². The topological polar surface area (TPSA) is 37.3 Å². The molecule has 0 radical (unpaired) electrons. The molecular weight excluding hydrogens is 328 g/mol. The molecule has 1 aromatic rings. The standard InChI is InChI=1S/C15H14BrClO2/c1-15(17)6-10-11(7-15)14(19)13(16)12(10)8-2-4-9(18)5-3-8/h2-5,10-11,18H,6-7H2,1H3. The number of allylic oxidation sites excluding steroid dienone is 2. The number of carbonyl (C=O) groups excluding carboxylic acids is 1. The second-order valence-corrected chi connectivity index (χ2v) is 7.38. The van der Waals surface area contributed by atoms with E-state index in [2.05, 4.69) is 15.9 Å². The van der Waals surface area contributed by atoms with Crippen molar-refractivity contribution in [3.8, 4) is 5.75 Å². The minimum absolute atomic E-state index is 0.000628. The van der Waals surface area contributed by atoms with E-state index in [0.29, 0.717) is 4.48 Å². The van der Waals surface area contributed by atoms with Gasteiger partial charge in [0.05, 0.1) is 4.48 Å². The molecule has 0 saturated heterocycles. The van der Waals surface area contributed by atoms with Crippen LogP contribution in [0.15, 0.2) is 28.7 Å². The van der Waals surface area contributed by atoms with Gasteiger partial charge < -0.3 is 5.11 Å². The number of halogens is 2.